The van der Waals surface area contributed by atoms with Crippen LogP contribution < -0.4 is 10.6 Å². The first-order valence-electron chi connectivity index (χ1n) is 11.1. The van der Waals surface area contributed by atoms with Crippen molar-refractivity contribution in [2.24, 2.45) is 11.8 Å². The second kappa shape index (κ2) is 10.7. The van der Waals surface area contributed by atoms with Gasteiger partial charge in [-0.25, -0.2) is 0 Å². The minimum absolute atomic E-state index is 0.135. The van der Waals surface area contributed by atoms with Crippen molar-refractivity contribution in [3.05, 3.63) is 70.2 Å². The molecule has 4 aromatic rings. The molecular formula is C23H22N8O2S2. The number of anilines is 2. The Morgan fingerprint density at radius 2 is 1.26 bits per heavy atom. The highest BCUT2D eigenvalue weighted by Crippen LogP contribution is 2.44. The Morgan fingerprint density at radius 3 is 1.69 bits per heavy atom. The molecule has 0 bridgehead atoms. The lowest BCUT2D eigenvalue weighted by molar-refractivity contribution is -0.116. The molecule has 0 aliphatic heterocycles. The maximum atomic E-state index is 12.2. The van der Waals surface area contributed by atoms with Crippen LogP contribution in [-0.2, 0) is 35.3 Å². The molecule has 1 fully saturated rings. The molecule has 178 valence electrons. The summed E-state index contributed by atoms with van der Waals surface area (Å²) in [5, 5.41) is 25.2. The Hall–Kier alpha value is -3.64. The summed E-state index contributed by atoms with van der Waals surface area (Å²) in [5.74, 6) is 0.748. The molecule has 0 spiro atoms. The van der Waals surface area contributed by atoms with Gasteiger partial charge in [0.15, 0.2) is 0 Å². The molecule has 2 amide bonds. The molecule has 2 N–H and O–H groups in total. The molecule has 10 nitrogen and oxygen atoms in total. The normalized spacial score (nSPS) is 16.6. The fraction of sp³-hybridized carbons (Fsp3) is 0.304. The van der Waals surface area contributed by atoms with Crippen LogP contribution in [0.5, 0.6) is 0 Å². The number of carbonyl (C=O) groups excluding carboxylic acids is 2. The van der Waals surface area contributed by atoms with E-state index in [4.69, 9.17) is 0 Å². The number of aromatic nitrogens is 6. The van der Waals surface area contributed by atoms with Crippen molar-refractivity contribution in [3.63, 3.8) is 0 Å². The number of pyridine rings is 2. The van der Waals surface area contributed by atoms with Crippen LogP contribution in [0.1, 0.15) is 27.6 Å². The third-order valence-electron chi connectivity index (χ3n) is 5.54. The summed E-state index contributed by atoms with van der Waals surface area (Å²) in [7, 11) is 0. The Labute approximate surface area is 209 Å². The Morgan fingerprint density at radius 1 is 0.771 bits per heavy atom. The van der Waals surface area contributed by atoms with Gasteiger partial charge in [0.2, 0.25) is 22.1 Å². The highest BCUT2D eigenvalue weighted by atomic mass is 32.1. The highest BCUT2D eigenvalue weighted by Gasteiger charge is 2.38. The van der Waals surface area contributed by atoms with E-state index in [1.54, 1.807) is 36.9 Å². The predicted molar refractivity (Wildman–Crippen MR) is 132 cm³/mol. The first-order valence-corrected chi connectivity index (χ1v) is 12.8. The van der Waals surface area contributed by atoms with Crippen LogP contribution in [0, 0.1) is 11.8 Å². The van der Waals surface area contributed by atoms with Crippen molar-refractivity contribution in [1.29, 1.82) is 0 Å². The second-order valence-electron chi connectivity index (χ2n) is 8.34. The molecule has 0 radical (unpaired) electrons. The maximum absolute atomic E-state index is 12.2. The molecule has 1 saturated carbocycles. The fourth-order valence-corrected chi connectivity index (χ4v) is 5.43. The van der Waals surface area contributed by atoms with Gasteiger partial charge in [0, 0.05) is 37.6 Å². The zero-order valence-electron chi connectivity index (χ0n) is 18.6. The van der Waals surface area contributed by atoms with Gasteiger partial charge in [-0.15, -0.1) is 20.4 Å². The molecule has 5 rings (SSSR count). The molecule has 0 saturated heterocycles. The van der Waals surface area contributed by atoms with Crippen LogP contribution in [0.25, 0.3) is 0 Å². The first-order chi connectivity index (χ1) is 17.1. The van der Waals surface area contributed by atoms with Gasteiger partial charge in [0.05, 0.1) is 12.8 Å². The van der Waals surface area contributed by atoms with Gasteiger partial charge in [-0.05, 0) is 41.5 Å². The van der Waals surface area contributed by atoms with E-state index >= 15 is 0 Å². The summed E-state index contributed by atoms with van der Waals surface area (Å²) in [6, 6.07) is 7.34. The Bertz CT molecular complexity index is 1200. The highest BCUT2D eigenvalue weighted by molar-refractivity contribution is 7.15. The van der Waals surface area contributed by atoms with Crippen molar-refractivity contribution in [2.45, 2.75) is 32.1 Å². The van der Waals surface area contributed by atoms with Gasteiger partial charge >= 0.3 is 0 Å². The topological polar surface area (TPSA) is 136 Å². The number of amides is 2. The van der Waals surface area contributed by atoms with Gasteiger partial charge in [-0.2, -0.15) is 0 Å². The Kier molecular flexibility index (Phi) is 7.09. The summed E-state index contributed by atoms with van der Waals surface area (Å²) in [6.45, 7) is 0. The van der Waals surface area contributed by atoms with Crippen molar-refractivity contribution in [3.8, 4) is 0 Å². The van der Waals surface area contributed by atoms with Crippen molar-refractivity contribution >= 4 is 44.8 Å². The lowest BCUT2D eigenvalue weighted by atomic mass is 10.2. The summed E-state index contributed by atoms with van der Waals surface area (Å²) >= 11 is 2.83. The van der Waals surface area contributed by atoms with Gasteiger partial charge in [-0.3, -0.25) is 19.6 Å². The number of hydrogen-bond acceptors (Lipinski definition) is 10. The molecule has 4 heterocycles. The number of hydrogen-bond donors (Lipinski definition) is 2. The zero-order chi connectivity index (χ0) is 24.0. The van der Waals surface area contributed by atoms with E-state index in [1.807, 2.05) is 12.1 Å². The average molecular weight is 507 g/mol. The lowest BCUT2D eigenvalue weighted by Gasteiger charge is -2.00. The number of carbonyl (C=O) groups is 2. The van der Waals surface area contributed by atoms with E-state index in [9.17, 15) is 9.59 Å². The van der Waals surface area contributed by atoms with Crippen LogP contribution in [0.3, 0.4) is 0 Å². The van der Waals surface area contributed by atoms with Crippen LogP contribution in [0.2, 0.25) is 0 Å². The quantitative estimate of drug-likeness (QED) is 0.335. The molecule has 12 heteroatoms. The standard InChI is InChI=1S/C23H22N8O2S2/c32-18(7-14-3-1-5-24-12-14)26-22-30-28-20(34-22)10-16-9-17(16)11-21-29-31-23(35-21)27-19(33)8-15-4-2-6-25-13-15/h1-6,12-13,16-17H,7-11H2,(H,26,30,32)(H,27,31,33)/t16-,17-/m1/s1. The minimum atomic E-state index is -0.135. The third-order valence-corrected chi connectivity index (χ3v) is 7.27. The van der Waals surface area contributed by atoms with Crippen LogP contribution >= 0.6 is 22.7 Å². The maximum Gasteiger partial charge on any atom is 0.230 e. The lowest BCUT2D eigenvalue weighted by Crippen LogP contribution is -2.14. The van der Waals surface area contributed by atoms with Crippen LogP contribution in [0.15, 0.2) is 49.1 Å². The molecule has 1 aliphatic rings. The van der Waals surface area contributed by atoms with E-state index in [0.29, 0.717) is 22.1 Å². The average Bonchev–Trinajstić information content (AvgIpc) is 3.18. The monoisotopic (exact) mass is 506 g/mol. The smallest absolute Gasteiger partial charge is 0.230 e. The fourth-order valence-electron chi connectivity index (χ4n) is 3.74. The van der Waals surface area contributed by atoms with Crippen molar-refractivity contribution < 1.29 is 9.59 Å². The minimum Gasteiger partial charge on any atom is -0.300 e. The zero-order valence-corrected chi connectivity index (χ0v) is 20.3. The first kappa shape index (κ1) is 23.1. The summed E-state index contributed by atoms with van der Waals surface area (Å²) in [5.41, 5.74) is 1.70. The van der Waals surface area contributed by atoms with E-state index in [-0.39, 0.29) is 24.7 Å². The van der Waals surface area contributed by atoms with E-state index in [0.717, 1.165) is 40.4 Å². The molecule has 1 aliphatic carbocycles. The van der Waals surface area contributed by atoms with E-state index in [2.05, 4.69) is 41.0 Å². The number of nitrogens with zero attached hydrogens (tertiary/aromatic N) is 6. The van der Waals surface area contributed by atoms with Gasteiger partial charge < -0.3 is 10.6 Å². The molecule has 2 atom stereocenters. The molecule has 4 aromatic heterocycles. The van der Waals surface area contributed by atoms with E-state index < -0.39 is 0 Å². The summed E-state index contributed by atoms with van der Waals surface area (Å²) < 4.78 is 0. The molecule has 0 aromatic carbocycles. The largest absolute Gasteiger partial charge is 0.300 e. The molecule has 0 unspecified atom stereocenters. The third kappa shape index (κ3) is 6.70. The van der Waals surface area contributed by atoms with Crippen molar-refractivity contribution in [2.75, 3.05) is 10.6 Å². The SMILES string of the molecule is O=C(Cc1cccnc1)Nc1nnc(C[C@H]2C[C@@H]2Cc2nnc(NC(=O)Cc3cccnc3)s2)s1. The second-order valence-corrected chi connectivity index (χ2v) is 10.5. The van der Waals surface area contributed by atoms with Gasteiger partial charge in [0.1, 0.15) is 10.0 Å². The van der Waals surface area contributed by atoms with Crippen molar-refractivity contribution in [1.82, 2.24) is 30.4 Å². The number of nitrogens with one attached hydrogen (secondary N) is 2. The van der Waals surface area contributed by atoms with Gasteiger partial charge in [0.25, 0.3) is 0 Å². The predicted octanol–water partition coefficient (Wildman–Crippen LogP) is 2.96. The van der Waals surface area contributed by atoms with Crippen LogP contribution in [-0.4, -0.2) is 42.2 Å². The molecule has 35 heavy (non-hydrogen) atoms. The molecular weight excluding hydrogens is 484 g/mol. The summed E-state index contributed by atoms with van der Waals surface area (Å²) in [4.78, 5) is 32.4. The van der Waals surface area contributed by atoms with E-state index in [1.165, 1.54) is 22.7 Å². The summed E-state index contributed by atoms with van der Waals surface area (Å²) in [6.07, 6.45) is 9.95. The number of rotatable bonds is 10. The Balaban J connectivity index is 1.05. The van der Waals surface area contributed by atoms with Gasteiger partial charge in [-0.1, -0.05) is 34.8 Å². The van der Waals surface area contributed by atoms with Crippen LogP contribution in [0.4, 0.5) is 10.3 Å².